The van der Waals surface area contributed by atoms with E-state index < -0.39 is 0 Å². The smallest absolute Gasteiger partial charge is 0.118 e. The van der Waals surface area contributed by atoms with Crippen LogP contribution in [0.4, 0.5) is 0 Å². The van der Waals surface area contributed by atoms with Crippen LogP contribution in [0, 0.1) is 6.92 Å². The summed E-state index contributed by atoms with van der Waals surface area (Å²) in [7, 11) is 0. The van der Waals surface area contributed by atoms with Gasteiger partial charge in [-0.3, -0.25) is 4.90 Å². The van der Waals surface area contributed by atoms with Crippen LogP contribution in [0.25, 0.3) is 0 Å². The summed E-state index contributed by atoms with van der Waals surface area (Å²) in [6.45, 7) is 5.48. The van der Waals surface area contributed by atoms with Gasteiger partial charge < -0.3 is 8.98 Å². The van der Waals surface area contributed by atoms with Gasteiger partial charge in [0.05, 0.1) is 12.9 Å². The van der Waals surface area contributed by atoms with E-state index in [1.807, 2.05) is 56.0 Å². The molecule has 0 fully saturated rings. The summed E-state index contributed by atoms with van der Waals surface area (Å²) in [5.74, 6) is 1.93. The number of rotatable bonds is 8. The molecule has 126 valence electrons. The lowest BCUT2D eigenvalue weighted by Gasteiger charge is -2.22. The molecule has 0 amide bonds. The maximum Gasteiger partial charge on any atom is 0.118 e. The first-order chi connectivity index (χ1) is 11.7. The van der Waals surface area contributed by atoms with Gasteiger partial charge in [0.25, 0.3) is 0 Å². The first kappa shape index (κ1) is 16.8. The van der Waals surface area contributed by atoms with Crippen LogP contribution in [0.2, 0.25) is 5.02 Å². The largest absolute Gasteiger partial charge is 0.465 e. The first-order valence-corrected chi connectivity index (χ1v) is 8.55. The number of hydrogen-bond acceptors (Lipinski definition) is 3. The number of aromatic nitrogens is 2. The number of halogens is 1. The van der Waals surface area contributed by atoms with Crippen molar-refractivity contribution >= 4 is 11.6 Å². The lowest BCUT2D eigenvalue weighted by atomic mass is 10.2. The summed E-state index contributed by atoms with van der Waals surface area (Å²) in [5, 5.41) is 0.813. The van der Waals surface area contributed by atoms with E-state index in [2.05, 4.69) is 20.5 Å². The molecule has 3 aromatic rings. The maximum absolute atomic E-state index is 6.33. The Balaban J connectivity index is 1.64. The van der Waals surface area contributed by atoms with E-state index in [4.69, 9.17) is 16.0 Å². The molecular weight excluding hydrogens is 322 g/mol. The summed E-state index contributed by atoms with van der Waals surface area (Å²) < 4.78 is 7.85. The van der Waals surface area contributed by atoms with E-state index in [0.717, 1.165) is 54.7 Å². The SMILES string of the molecule is Cc1ccc(CN(CCCn2ccnc2)Cc2ccccc2Cl)o1. The predicted octanol–water partition coefficient (Wildman–Crippen LogP) is 4.53. The van der Waals surface area contributed by atoms with Crippen molar-refractivity contribution in [3.05, 3.63) is 77.2 Å². The summed E-state index contributed by atoms with van der Waals surface area (Å²) in [6, 6.07) is 12.1. The molecule has 2 aromatic heterocycles. The Hall–Kier alpha value is -2.04. The first-order valence-electron chi connectivity index (χ1n) is 8.17. The third-order valence-corrected chi connectivity index (χ3v) is 4.35. The molecule has 24 heavy (non-hydrogen) atoms. The third-order valence-electron chi connectivity index (χ3n) is 3.98. The average Bonchev–Trinajstić information content (AvgIpc) is 3.21. The van der Waals surface area contributed by atoms with E-state index >= 15 is 0 Å². The summed E-state index contributed by atoms with van der Waals surface area (Å²) in [5.41, 5.74) is 1.14. The Morgan fingerprint density at radius 1 is 1.17 bits per heavy atom. The van der Waals surface area contributed by atoms with Gasteiger partial charge in [0.15, 0.2) is 0 Å². The fraction of sp³-hybridized carbons (Fsp3) is 0.316. The molecule has 0 bridgehead atoms. The highest BCUT2D eigenvalue weighted by Crippen LogP contribution is 2.19. The number of aryl methyl sites for hydroxylation is 2. The Morgan fingerprint density at radius 3 is 2.75 bits per heavy atom. The van der Waals surface area contributed by atoms with Crippen LogP contribution < -0.4 is 0 Å². The second-order valence-electron chi connectivity index (χ2n) is 5.97. The van der Waals surface area contributed by atoms with Crippen molar-refractivity contribution in [3.63, 3.8) is 0 Å². The number of benzene rings is 1. The molecule has 0 radical (unpaired) electrons. The van der Waals surface area contributed by atoms with Crippen LogP contribution in [0.15, 0.2) is 59.5 Å². The molecule has 4 nitrogen and oxygen atoms in total. The Labute approximate surface area is 147 Å². The highest BCUT2D eigenvalue weighted by atomic mass is 35.5. The van der Waals surface area contributed by atoms with Crippen molar-refractivity contribution in [2.45, 2.75) is 33.0 Å². The minimum absolute atomic E-state index is 0.781. The minimum Gasteiger partial charge on any atom is -0.465 e. The number of furan rings is 1. The summed E-state index contributed by atoms with van der Waals surface area (Å²) in [4.78, 5) is 6.46. The fourth-order valence-corrected chi connectivity index (χ4v) is 2.96. The molecule has 0 unspecified atom stereocenters. The van der Waals surface area contributed by atoms with Crippen molar-refractivity contribution in [2.75, 3.05) is 6.54 Å². The van der Waals surface area contributed by atoms with E-state index in [1.165, 1.54) is 0 Å². The molecule has 0 saturated heterocycles. The van der Waals surface area contributed by atoms with E-state index in [-0.39, 0.29) is 0 Å². The van der Waals surface area contributed by atoms with Gasteiger partial charge >= 0.3 is 0 Å². The van der Waals surface area contributed by atoms with Gasteiger partial charge in [-0.2, -0.15) is 0 Å². The zero-order valence-corrected chi connectivity index (χ0v) is 14.6. The Morgan fingerprint density at radius 2 is 2.04 bits per heavy atom. The summed E-state index contributed by atoms with van der Waals surface area (Å²) in [6.07, 6.45) is 6.70. The Bertz CT molecular complexity index is 752. The molecule has 0 aliphatic carbocycles. The molecule has 0 saturated carbocycles. The standard InChI is InChI=1S/C19H22ClN3O/c1-16-7-8-18(24-16)14-23(11-4-10-22-12-9-21-15-22)13-17-5-2-3-6-19(17)20/h2-3,5-9,12,15H,4,10-11,13-14H2,1H3. The van der Waals surface area contributed by atoms with Crippen LogP contribution in [0.1, 0.15) is 23.5 Å². The van der Waals surface area contributed by atoms with Crippen molar-refractivity contribution in [1.29, 1.82) is 0 Å². The van der Waals surface area contributed by atoms with Crippen LogP contribution in [-0.2, 0) is 19.6 Å². The molecule has 0 atom stereocenters. The van der Waals surface area contributed by atoms with Gasteiger partial charge in [-0.15, -0.1) is 0 Å². The molecule has 0 N–H and O–H groups in total. The van der Waals surface area contributed by atoms with E-state index in [9.17, 15) is 0 Å². The minimum atomic E-state index is 0.781. The van der Waals surface area contributed by atoms with Crippen molar-refractivity contribution in [2.24, 2.45) is 0 Å². The van der Waals surface area contributed by atoms with Gasteiger partial charge in [-0.25, -0.2) is 4.98 Å². The quantitative estimate of drug-likeness (QED) is 0.602. The molecular formula is C19H22ClN3O. The lowest BCUT2D eigenvalue weighted by Crippen LogP contribution is -2.24. The number of hydrogen-bond donors (Lipinski definition) is 0. The normalized spacial score (nSPS) is 11.3. The summed E-state index contributed by atoms with van der Waals surface area (Å²) >= 11 is 6.33. The zero-order valence-electron chi connectivity index (χ0n) is 13.9. The van der Waals surface area contributed by atoms with Gasteiger partial charge in [0.2, 0.25) is 0 Å². The van der Waals surface area contributed by atoms with Gasteiger partial charge in [-0.05, 0) is 37.1 Å². The van der Waals surface area contributed by atoms with Gasteiger partial charge in [0.1, 0.15) is 11.5 Å². The molecule has 5 heteroatoms. The number of nitrogens with zero attached hydrogens (tertiary/aromatic N) is 3. The Kier molecular flexibility index (Phi) is 5.72. The van der Waals surface area contributed by atoms with Gasteiger partial charge in [-0.1, -0.05) is 29.8 Å². The van der Waals surface area contributed by atoms with Crippen molar-refractivity contribution in [3.8, 4) is 0 Å². The van der Waals surface area contributed by atoms with E-state index in [0.29, 0.717) is 0 Å². The molecule has 0 aliphatic rings. The zero-order chi connectivity index (χ0) is 16.8. The third kappa shape index (κ3) is 4.73. The van der Waals surface area contributed by atoms with Crippen LogP contribution in [0.3, 0.4) is 0 Å². The van der Waals surface area contributed by atoms with E-state index in [1.54, 1.807) is 0 Å². The maximum atomic E-state index is 6.33. The molecule has 0 spiro atoms. The highest BCUT2D eigenvalue weighted by molar-refractivity contribution is 6.31. The highest BCUT2D eigenvalue weighted by Gasteiger charge is 2.11. The molecule has 3 rings (SSSR count). The second-order valence-corrected chi connectivity index (χ2v) is 6.38. The van der Waals surface area contributed by atoms with Crippen LogP contribution in [0.5, 0.6) is 0 Å². The van der Waals surface area contributed by atoms with Gasteiger partial charge in [0, 0.05) is 37.1 Å². The second kappa shape index (κ2) is 8.18. The predicted molar refractivity (Wildman–Crippen MR) is 95.9 cm³/mol. The van der Waals surface area contributed by atoms with Crippen LogP contribution >= 0.6 is 11.6 Å². The van der Waals surface area contributed by atoms with Crippen molar-refractivity contribution in [1.82, 2.24) is 14.5 Å². The number of imidazole rings is 1. The van der Waals surface area contributed by atoms with Crippen molar-refractivity contribution < 1.29 is 4.42 Å². The van der Waals surface area contributed by atoms with Crippen LogP contribution in [-0.4, -0.2) is 21.0 Å². The lowest BCUT2D eigenvalue weighted by molar-refractivity contribution is 0.227. The molecule has 2 heterocycles. The fourth-order valence-electron chi connectivity index (χ4n) is 2.77. The molecule has 0 aliphatic heterocycles. The topological polar surface area (TPSA) is 34.2 Å². The average molecular weight is 344 g/mol. The molecule has 1 aromatic carbocycles. The monoisotopic (exact) mass is 343 g/mol.